The molecule has 3 rings (SSSR count). The van der Waals surface area contributed by atoms with E-state index in [1.165, 1.54) is 0 Å². The van der Waals surface area contributed by atoms with Gasteiger partial charge in [0, 0.05) is 18.5 Å². The molecule has 5 nitrogen and oxygen atoms in total. The Morgan fingerprint density at radius 1 is 1.42 bits per heavy atom. The van der Waals surface area contributed by atoms with Gasteiger partial charge in [0.05, 0.1) is 24.8 Å². The second-order valence-electron chi connectivity index (χ2n) is 5.09. The third-order valence-electron chi connectivity index (χ3n) is 3.70. The number of nitrogens with one attached hydrogen (secondary N) is 2. The van der Waals surface area contributed by atoms with Gasteiger partial charge in [-0.3, -0.25) is 4.79 Å². The van der Waals surface area contributed by atoms with Crippen LogP contribution in [0, 0.1) is 0 Å². The van der Waals surface area contributed by atoms with Crippen LogP contribution in [0.4, 0.5) is 0 Å². The molecule has 1 fully saturated rings. The molecule has 1 aromatic rings. The van der Waals surface area contributed by atoms with E-state index in [4.69, 9.17) is 4.74 Å². The predicted octanol–water partition coefficient (Wildman–Crippen LogP) is 0.349. The number of fused-ring (bicyclic) bond motifs is 1. The van der Waals surface area contributed by atoms with Crippen LogP contribution in [0.15, 0.2) is 24.3 Å². The molecule has 1 aromatic carbocycles. The van der Waals surface area contributed by atoms with Crippen LogP contribution in [0.25, 0.3) is 0 Å². The fourth-order valence-electron chi connectivity index (χ4n) is 2.68. The summed E-state index contributed by atoms with van der Waals surface area (Å²) in [5.74, 6) is 0.803. The number of rotatable bonds is 2. The summed E-state index contributed by atoms with van der Waals surface area (Å²) in [6.07, 6.45) is 0.840. The third-order valence-corrected chi connectivity index (χ3v) is 3.70. The lowest BCUT2D eigenvalue weighted by Gasteiger charge is -2.27. The minimum atomic E-state index is -0.419. The van der Waals surface area contributed by atoms with E-state index >= 15 is 0 Å². The zero-order valence-electron chi connectivity index (χ0n) is 10.6. The summed E-state index contributed by atoms with van der Waals surface area (Å²) in [4.78, 5) is 12.1. The Kier molecular flexibility index (Phi) is 3.40. The van der Waals surface area contributed by atoms with Crippen molar-refractivity contribution < 1.29 is 14.6 Å². The van der Waals surface area contributed by atoms with E-state index < -0.39 is 6.10 Å². The molecule has 0 aromatic heterocycles. The van der Waals surface area contributed by atoms with Crippen LogP contribution in [-0.2, 0) is 4.79 Å². The predicted molar refractivity (Wildman–Crippen MR) is 69.9 cm³/mol. The molecule has 5 heteroatoms. The number of amides is 1. The Bertz CT molecular complexity index is 478. The highest BCUT2D eigenvalue weighted by atomic mass is 16.5. The van der Waals surface area contributed by atoms with Gasteiger partial charge in [-0.05, 0) is 12.5 Å². The minimum Gasteiger partial charge on any atom is -0.493 e. The van der Waals surface area contributed by atoms with Crippen molar-refractivity contribution in [2.45, 2.75) is 31.0 Å². The maximum absolute atomic E-state index is 12.1. The van der Waals surface area contributed by atoms with Gasteiger partial charge in [-0.1, -0.05) is 18.2 Å². The average molecular weight is 262 g/mol. The average Bonchev–Trinajstić information content (AvgIpc) is 2.86. The molecule has 2 aliphatic heterocycles. The largest absolute Gasteiger partial charge is 0.493 e. The molecular weight excluding hydrogens is 244 g/mol. The summed E-state index contributed by atoms with van der Waals surface area (Å²) < 4.78 is 5.57. The third kappa shape index (κ3) is 2.57. The Morgan fingerprint density at radius 3 is 3.05 bits per heavy atom. The number of hydrogen-bond acceptors (Lipinski definition) is 4. The Balaban J connectivity index is 1.69. The smallest absolute Gasteiger partial charge is 0.237 e. The van der Waals surface area contributed by atoms with E-state index in [0.29, 0.717) is 19.6 Å². The molecule has 0 aliphatic carbocycles. The van der Waals surface area contributed by atoms with E-state index in [9.17, 15) is 9.90 Å². The molecule has 3 N–H and O–H groups in total. The molecule has 2 aliphatic rings. The Labute approximate surface area is 112 Å². The van der Waals surface area contributed by atoms with Crippen LogP contribution in [0.5, 0.6) is 5.75 Å². The van der Waals surface area contributed by atoms with Gasteiger partial charge in [-0.2, -0.15) is 0 Å². The number of carbonyl (C=O) groups is 1. The van der Waals surface area contributed by atoms with Crippen LogP contribution in [0.2, 0.25) is 0 Å². The van der Waals surface area contributed by atoms with Crippen molar-refractivity contribution in [1.29, 1.82) is 0 Å². The van der Waals surface area contributed by atoms with Gasteiger partial charge >= 0.3 is 0 Å². The van der Waals surface area contributed by atoms with Crippen LogP contribution < -0.4 is 15.4 Å². The van der Waals surface area contributed by atoms with Crippen molar-refractivity contribution in [3.63, 3.8) is 0 Å². The summed E-state index contributed by atoms with van der Waals surface area (Å²) in [6.45, 7) is 1.10. The molecule has 102 valence electrons. The zero-order chi connectivity index (χ0) is 13.2. The number of aliphatic hydroxyl groups excluding tert-OH is 1. The summed E-state index contributed by atoms with van der Waals surface area (Å²) >= 11 is 0. The molecule has 0 unspecified atom stereocenters. The molecule has 1 saturated heterocycles. The first-order valence-electron chi connectivity index (χ1n) is 6.67. The first-order chi connectivity index (χ1) is 9.24. The molecule has 0 spiro atoms. The van der Waals surface area contributed by atoms with Crippen LogP contribution in [0.3, 0.4) is 0 Å². The highest BCUT2D eigenvalue weighted by Crippen LogP contribution is 2.31. The van der Waals surface area contributed by atoms with Crippen molar-refractivity contribution in [1.82, 2.24) is 10.6 Å². The molecule has 2 heterocycles. The topological polar surface area (TPSA) is 70.6 Å². The molecule has 0 radical (unpaired) electrons. The molecule has 3 atom stereocenters. The lowest BCUT2D eigenvalue weighted by molar-refractivity contribution is -0.123. The minimum absolute atomic E-state index is 0.00278. The Morgan fingerprint density at radius 2 is 2.26 bits per heavy atom. The van der Waals surface area contributed by atoms with E-state index in [1.54, 1.807) is 0 Å². The van der Waals surface area contributed by atoms with Gasteiger partial charge in [0.1, 0.15) is 5.75 Å². The van der Waals surface area contributed by atoms with Crippen molar-refractivity contribution in [3.8, 4) is 5.75 Å². The van der Waals surface area contributed by atoms with Gasteiger partial charge in [0.15, 0.2) is 0 Å². The number of hydrogen-bond donors (Lipinski definition) is 3. The second-order valence-corrected chi connectivity index (χ2v) is 5.09. The van der Waals surface area contributed by atoms with Gasteiger partial charge in [-0.25, -0.2) is 0 Å². The SMILES string of the molecule is O=C(N[C@@H]1CCOc2ccccc21)[C@H]1C[C@H](O)CN1. The first-order valence-corrected chi connectivity index (χ1v) is 6.67. The summed E-state index contributed by atoms with van der Waals surface area (Å²) in [5, 5.41) is 15.5. The van der Waals surface area contributed by atoms with Gasteiger partial charge in [0.25, 0.3) is 0 Å². The molecule has 1 amide bonds. The highest BCUT2D eigenvalue weighted by Gasteiger charge is 2.30. The maximum atomic E-state index is 12.1. The lowest BCUT2D eigenvalue weighted by atomic mass is 10.00. The van der Waals surface area contributed by atoms with E-state index in [0.717, 1.165) is 17.7 Å². The van der Waals surface area contributed by atoms with Crippen LogP contribution in [-0.4, -0.2) is 36.3 Å². The second kappa shape index (κ2) is 5.19. The Hall–Kier alpha value is -1.59. The van der Waals surface area contributed by atoms with Gasteiger partial charge < -0.3 is 20.5 Å². The quantitative estimate of drug-likeness (QED) is 0.719. The number of aliphatic hydroxyl groups is 1. The summed E-state index contributed by atoms with van der Waals surface area (Å²) in [7, 11) is 0. The molecular formula is C14H18N2O3. The number of para-hydroxylation sites is 1. The number of ether oxygens (including phenoxy) is 1. The van der Waals surface area contributed by atoms with E-state index in [-0.39, 0.29) is 18.0 Å². The summed E-state index contributed by atoms with van der Waals surface area (Å²) in [5.41, 5.74) is 1.03. The standard InChI is InChI=1S/C14H18N2O3/c17-9-7-12(15-8-9)14(18)16-11-5-6-19-13-4-2-1-3-10(11)13/h1-4,9,11-12,15,17H,5-8H2,(H,16,18)/t9-,11+,12+/m0/s1. The van der Waals surface area contributed by atoms with E-state index in [1.807, 2.05) is 24.3 Å². The monoisotopic (exact) mass is 262 g/mol. The normalized spacial score (nSPS) is 29.4. The van der Waals surface area contributed by atoms with Crippen molar-refractivity contribution in [2.24, 2.45) is 0 Å². The number of carbonyl (C=O) groups excluding carboxylic acids is 1. The van der Waals surface area contributed by atoms with Crippen LogP contribution >= 0.6 is 0 Å². The van der Waals surface area contributed by atoms with Gasteiger partial charge in [0.2, 0.25) is 5.91 Å². The molecule has 19 heavy (non-hydrogen) atoms. The fraction of sp³-hybridized carbons (Fsp3) is 0.500. The number of benzene rings is 1. The number of β-amino-alcohol motifs (C(OH)–C–C–N with tert-alkyl or cyclic N) is 1. The first kappa shape index (κ1) is 12.4. The highest BCUT2D eigenvalue weighted by molar-refractivity contribution is 5.82. The van der Waals surface area contributed by atoms with E-state index in [2.05, 4.69) is 10.6 Å². The van der Waals surface area contributed by atoms with Crippen molar-refractivity contribution in [2.75, 3.05) is 13.2 Å². The summed E-state index contributed by atoms with van der Waals surface area (Å²) in [6, 6.07) is 7.49. The molecule has 0 saturated carbocycles. The van der Waals surface area contributed by atoms with Gasteiger partial charge in [-0.15, -0.1) is 0 Å². The lowest BCUT2D eigenvalue weighted by Crippen LogP contribution is -2.43. The molecule has 0 bridgehead atoms. The maximum Gasteiger partial charge on any atom is 0.237 e. The van der Waals surface area contributed by atoms with Crippen molar-refractivity contribution >= 4 is 5.91 Å². The van der Waals surface area contributed by atoms with Crippen LogP contribution in [0.1, 0.15) is 24.4 Å². The zero-order valence-corrected chi connectivity index (χ0v) is 10.6. The van der Waals surface area contributed by atoms with Crippen molar-refractivity contribution in [3.05, 3.63) is 29.8 Å². The fourth-order valence-corrected chi connectivity index (χ4v) is 2.68.